The second kappa shape index (κ2) is 9.07. The zero-order valence-corrected chi connectivity index (χ0v) is 19.2. The number of phenolic OH excluding ortho intramolecular Hbond substituents is 1. The summed E-state index contributed by atoms with van der Waals surface area (Å²) in [4.78, 5) is 39.9. The molecule has 3 aromatic carbocycles. The molecule has 5 rings (SSSR count). The van der Waals surface area contributed by atoms with Crippen LogP contribution in [0.15, 0.2) is 94.6 Å². The predicted molar refractivity (Wildman–Crippen MR) is 129 cm³/mol. The van der Waals surface area contributed by atoms with Crippen molar-refractivity contribution in [2.45, 2.75) is 12.6 Å². The molecule has 2 N–H and O–H groups in total. The van der Waals surface area contributed by atoms with Crippen LogP contribution in [0.5, 0.6) is 5.75 Å². The Hall–Kier alpha value is -4.85. The van der Waals surface area contributed by atoms with E-state index in [-0.39, 0.29) is 23.6 Å². The lowest BCUT2D eigenvalue weighted by Crippen LogP contribution is -2.30. The van der Waals surface area contributed by atoms with Gasteiger partial charge in [0.2, 0.25) is 5.78 Å². The predicted octanol–water partition coefficient (Wildman–Crippen LogP) is 4.70. The molecule has 8 nitrogen and oxygen atoms in total. The van der Waals surface area contributed by atoms with Crippen molar-refractivity contribution in [1.29, 1.82) is 0 Å². The SMILES string of the molecule is COC(=O)c1ccc(CN2C(=O)C(O)=C(C(=O)c3cc4ccccc4o3)C2c2cccc(O)c2)cc1. The molecule has 1 amide bonds. The summed E-state index contributed by atoms with van der Waals surface area (Å²) in [6, 6.07) is 20.3. The molecule has 1 aliphatic heterocycles. The van der Waals surface area contributed by atoms with Crippen LogP contribution in [0.3, 0.4) is 0 Å². The maximum Gasteiger partial charge on any atom is 0.337 e. The minimum absolute atomic E-state index is 0.0139. The standard InChI is InChI=1S/C28H21NO7/c1-35-28(34)17-11-9-16(10-12-17)15-29-24(19-6-4-7-20(30)13-19)23(26(32)27(29)33)25(31)22-14-18-5-2-3-8-21(18)36-22/h2-14,24,30,32H,15H2,1H3. The number of Topliss-reactive ketones (excluding diaryl/α,β-unsaturated/α-hetero) is 1. The number of phenols is 1. The van der Waals surface area contributed by atoms with Gasteiger partial charge in [0.1, 0.15) is 11.3 Å². The molecule has 0 bridgehead atoms. The molecule has 8 heteroatoms. The van der Waals surface area contributed by atoms with Crippen LogP contribution in [0.4, 0.5) is 0 Å². The molecule has 0 aliphatic carbocycles. The van der Waals surface area contributed by atoms with Gasteiger partial charge >= 0.3 is 5.97 Å². The highest BCUT2D eigenvalue weighted by Crippen LogP contribution is 2.41. The van der Waals surface area contributed by atoms with E-state index in [4.69, 9.17) is 9.15 Å². The van der Waals surface area contributed by atoms with Crippen molar-refractivity contribution in [3.63, 3.8) is 0 Å². The second-order valence-electron chi connectivity index (χ2n) is 8.36. The van der Waals surface area contributed by atoms with Gasteiger partial charge < -0.3 is 24.3 Å². The van der Waals surface area contributed by atoms with E-state index < -0.39 is 29.5 Å². The molecule has 0 saturated carbocycles. The van der Waals surface area contributed by atoms with Gasteiger partial charge in [-0.2, -0.15) is 0 Å². The fourth-order valence-electron chi connectivity index (χ4n) is 4.38. The number of para-hydroxylation sites is 1. The Bertz CT molecular complexity index is 1500. The highest BCUT2D eigenvalue weighted by atomic mass is 16.5. The second-order valence-corrected chi connectivity index (χ2v) is 8.36. The Kier molecular flexibility index (Phi) is 5.77. The number of aliphatic hydroxyl groups excluding tert-OH is 1. The number of amides is 1. The molecule has 1 atom stereocenters. The smallest absolute Gasteiger partial charge is 0.337 e. The van der Waals surface area contributed by atoms with Crippen molar-refractivity contribution in [2.75, 3.05) is 7.11 Å². The highest BCUT2D eigenvalue weighted by molar-refractivity contribution is 6.16. The van der Waals surface area contributed by atoms with Crippen molar-refractivity contribution in [1.82, 2.24) is 4.90 Å². The van der Waals surface area contributed by atoms with Gasteiger partial charge in [-0.3, -0.25) is 9.59 Å². The van der Waals surface area contributed by atoms with Crippen LogP contribution in [0.25, 0.3) is 11.0 Å². The molecule has 4 aromatic rings. The first-order valence-corrected chi connectivity index (χ1v) is 11.1. The first-order valence-electron chi connectivity index (χ1n) is 11.1. The van der Waals surface area contributed by atoms with E-state index in [1.165, 1.54) is 24.1 Å². The zero-order valence-electron chi connectivity index (χ0n) is 19.2. The number of ether oxygens (including phenoxy) is 1. The topological polar surface area (TPSA) is 117 Å². The quantitative estimate of drug-likeness (QED) is 0.301. The van der Waals surface area contributed by atoms with Crippen LogP contribution in [-0.4, -0.2) is 39.9 Å². The summed E-state index contributed by atoms with van der Waals surface area (Å²) >= 11 is 0. The number of hydrogen-bond acceptors (Lipinski definition) is 7. The van der Waals surface area contributed by atoms with Gasteiger partial charge in [0.25, 0.3) is 5.91 Å². The lowest BCUT2D eigenvalue weighted by molar-refractivity contribution is -0.130. The minimum Gasteiger partial charge on any atom is -0.508 e. The molecular formula is C28H21NO7. The molecule has 2 heterocycles. The van der Waals surface area contributed by atoms with Gasteiger partial charge in [-0.1, -0.05) is 42.5 Å². The van der Waals surface area contributed by atoms with Crippen molar-refractivity contribution in [3.05, 3.63) is 113 Å². The fourth-order valence-corrected chi connectivity index (χ4v) is 4.38. The summed E-state index contributed by atoms with van der Waals surface area (Å²) in [6.07, 6.45) is 0. The van der Waals surface area contributed by atoms with Crippen LogP contribution in [-0.2, 0) is 16.1 Å². The lowest BCUT2D eigenvalue weighted by atomic mass is 9.94. The third-order valence-electron chi connectivity index (χ3n) is 6.11. The third kappa shape index (κ3) is 3.98. The van der Waals surface area contributed by atoms with Gasteiger partial charge in [-0.25, -0.2) is 4.79 Å². The number of hydrogen-bond donors (Lipinski definition) is 2. The average molecular weight is 483 g/mol. The largest absolute Gasteiger partial charge is 0.508 e. The first kappa shape index (κ1) is 22.9. The Balaban J connectivity index is 1.55. The summed E-state index contributed by atoms with van der Waals surface area (Å²) in [5.41, 5.74) is 1.81. The number of carbonyl (C=O) groups excluding carboxylic acids is 3. The summed E-state index contributed by atoms with van der Waals surface area (Å²) in [5.74, 6) is -2.60. The number of methoxy groups -OCH3 is 1. The number of benzene rings is 3. The molecule has 1 aromatic heterocycles. The Morgan fingerprint density at radius 1 is 0.972 bits per heavy atom. The molecule has 180 valence electrons. The monoisotopic (exact) mass is 483 g/mol. The Morgan fingerprint density at radius 2 is 1.72 bits per heavy atom. The van der Waals surface area contributed by atoms with Crippen LogP contribution in [0.1, 0.15) is 38.1 Å². The van der Waals surface area contributed by atoms with E-state index in [1.54, 1.807) is 60.7 Å². The Labute approximate surface area is 205 Å². The first-order chi connectivity index (χ1) is 17.4. The molecule has 36 heavy (non-hydrogen) atoms. The minimum atomic E-state index is -0.981. The number of aromatic hydroxyl groups is 1. The zero-order chi connectivity index (χ0) is 25.4. The van der Waals surface area contributed by atoms with Crippen LogP contribution < -0.4 is 0 Å². The highest BCUT2D eigenvalue weighted by Gasteiger charge is 2.44. The summed E-state index contributed by atoms with van der Waals surface area (Å²) in [7, 11) is 1.29. The van der Waals surface area contributed by atoms with E-state index in [2.05, 4.69) is 0 Å². The van der Waals surface area contributed by atoms with E-state index >= 15 is 0 Å². The summed E-state index contributed by atoms with van der Waals surface area (Å²) in [6.45, 7) is 0.0293. The van der Waals surface area contributed by atoms with Crippen molar-refractivity contribution in [3.8, 4) is 5.75 Å². The van der Waals surface area contributed by atoms with Crippen molar-refractivity contribution < 1.29 is 33.8 Å². The maximum atomic E-state index is 13.6. The van der Waals surface area contributed by atoms with E-state index in [1.807, 2.05) is 6.07 Å². The van der Waals surface area contributed by atoms with Gasteiger partial charge in [-0.05, 0) is 47.5 Å². The molecule has 0 spiro atoms. The number of fused-ring (bicyclic) bond motifs is 1. The average Bonchev–Trinajstić information content (AvgIpc) is 3.43. The number of nitrogens with zero attached hydrogens (tertiary/aromatic N) is 1. The summed E-state index contributed by atoms with van der Waals surface area (Å²) < 4.78 is 10.4. The van der Waals surface area contributed by atoms with E-state index in [9.17, 15) is 24.6 Å². The number of aliphatic hydroxyl groups is 1. The number of ketones is 1. The number of furan rings is 1. The fraction of sp³-hybridized carbons (Fsp3) is 0.107. The van der Waals surface area contributed by atoms with Crippen LogP contribution in [0.2, 0.25) is 0 Å². The van der Waals surface area contributed by atoms with Crippen LogP contribution >= 0.6 is 0 Å². The number of esters is 1. The Morgan fingerprint density at radius 3 is 2.42 bits per heavy atom. The molecule has 1 unspecified atom stereocenters. The molecular weight excluding hydrogens is 462 g/mol. The molecule has 0 saturated heterocycles. The number of rotatable bonds is 6. The van der Waals surface area contributed by atoms with Crippen molar-refractivity contribution >= 4 is 28.6 Å². The molecule has 0 radical (unpaired) electrons. The van der Waals surface area contributed by atoms with E-state index in [0.717, 1.165) is 0 Å². The van der Waals surface area contributed by atoms with Gasteiger partial charge in [0.05, 0.1) is 24.3 Å². The van der Waals surface area contributed by atoms with Gasteiger partial charge in [0, 0.05) is 11.9 Å². The molecule has 0 fully saturated rings. The lowest BCUT2D eigenvalue weighted by Gasteiger charge is -2.27. The normalized spacial score (nSPS) is 15.5. The third-order valence-corrected chi connectivity index (χ3v) is 6.11. The number of carbonyl (C=O) groups is 3. The summed E-state index contributed by atoms with van der Waals surface area (Å²) in [5, 5.41) is 21.7. The maximum absolute atomic E-state index is 13.6. The van der Waals surface area contributed by atoms with E-state index in [0.29, 0.717) is 27.7 Å². The van der Waals surface area contributed by atoms with Crippen LogP contribution in [0, 0.1) is 0 Å². The van der Waals surface area contributed by atoms with Gasteiger partial charge in [-0.15, -0.1) is 0 Å². The van der Waals surface area contributed by atoms with Crippen molar-refractivity contribution in [2.24, 2.45) is 0 Å². The molecule has 1 aliphatic rings. The van der Waals surface area contributed by atoms with Gasteiger partial charge in [0.15, 0.2) is 11.5 Å².